The van der Waals surface area contributed by atoms with Gasteiger partial charge in [-0.2, -0.15) is 5.10 Å². The maximum Gasteiger partial charge on any atom is 0.276 e. The quantitative estimate of drug-likeness (QED) is 0.669. The summed E-state index contributed by atoms with van der Waals surface area (Å²) in [4.78, 5) is 14.9. The molecule has 0 unspecified atom stereocenters. The van der Waals surface area contributed by atoms with Crippen LogP contribution in [-0.4, -0.2) is 25.7 Å². The molecule has 1 fully saturated rings. The van der Waals surface area contributed by atoms with Crippen molar-refractivity contribution in [3.05, 3.63) is 58.6 Å². The van der Waals surface area contributed by atoms with Gasteiger partial charge < -0.3 is 13.8 Å². The fraction of sp³-hybridized carbons (Fsp3) is 0.450. The van der Waals surface area contributed by atoms with Crippen LogP contribution in [0, 0.1) is 0 Å². The lowest BCUT2D eigenvalue weighted by Crippen LogP contribution is -2.30. The first kappa shape index (κ1) is 16.4. The molecule has 3 aromatic heterocycles. The Morgan fingerprint density at radius 2 is 2.22 bits per heavy atom. The van der Waals surface area contributed by atoms with Crippen LogP contribution in [0.5, 0.6) is 0 Å². The van der Waals surface area contributed by atoms with E-state index in [0.29, 0.717) is 24.7 Å². The second kappa shape index (κ2) is 6.40. The van der Waals surface area contributed by atoms with Gasteiger partial charge in [-0.3, -0.25) is 9.48 Å². The van der Waals surface area contributed by atoms with Gasteiger partial charge in [-0.15, -0.1) is 0 Å². The topological polar surface area (TPSA) is 77.3 Å². The fourth-order valence-corrected chi connectivity index (χ4v) is 3.91. The lowest BCUT2D eigenvalue weighted by atomic mass is 10.2. The van der Waals surface area contributed by atoms with Gasteiger partial charge in [-0.1, -0.05) is 5.16 Å². The van der Waals surface area contributed by atoms with E-state index in [9.17, 15) is 4.79 Å². The number of hydrogen-bond donors (Lipinski definition) is 0. The predicted octanol–water partition coefficient (Wildman–Crippen LogP) is 3.21. The minimum absolute atomic E-state index is 0.153. The normalized spacial score (nSPS) is 15.9. The molecule has 3 heterocycles. The number of nitrogens with zero attached hydrogens (tertiary/aromatic N) is 4. The molecule has 0 atom stereocenters. The van der Waals surface area contributed by atoms with Crippen LogP contribution in [0.25, 0.3) is 0 Å². The van der Waals surface area contributed by atoms with Crippen molar-refractivity contribution < 1.29 is 13.7 Å². The molecular formula is C20H22N4O3. The number of aromatic nitrogens is 3. The molecule has 7 heteroatoms. The van der Waals surface area contributed by atoms with Crippen LogP contribution >= 0.6 is 0 Å². The first-order chi connectivity index (χ1) is 13.2. The smallest absolute Gasteiger partial charge is 0.276 e. The molecule has 0 N–H and O–H groups in total. The summed E-state index contributed by atoms with van der Waals surface area (Å²) in [7, 11) is 1.98. The van der Waals surface area contributed by atoms with Gasteiger partial charge in [0.25, 0.3) is 5.91 Å². The molecule has 140 valence electrons. The average molecular weight is 366 g/mol. The van der Waals surface area contributed by atoms with Crippen molar-refractivity contribution in [2.24, 2.45) is 7.05 Å². The van der Waals surface area contributed by atoms with Crippen LogP contribution in [0.15, 0.2) is 33.4 Å². The van der Waals surface area contributed by atoms with E-state index < -0.39 is 0 Å². The number of aryl methyl sites for hydroxylation is 1. The number of carbonyl (C=O) groups is 1. The number of rotatable bonds is 6. The van der Waals surface area contributed by atoms with Gasteiger partial charge in [0.15, 0.2) is 5.69 Å². The fourth-order valence-electron chi connectivity index (χ4n) is 3.91. The van der Waals surface area contributed by atoms with Crippen molar-refractivity contribution >= 4 is 5.91 Å². The summed E-state index contributed by atoms with van der Waals surface area (Å²) in [5, 5.41) is 8.69. The number of fused-ring (bicyclic) bond motifs is 1. The molecule has 27 heavy (non-hydrogen) atoms. The zero-order chi connectivity index (χ0) is 18.4. The molecule has 2 aliphatic carbocycles. The number of hydrogen-bond acceptors (Lipinski definition) is 5. The largest absolute Gasteiger partial charge is 0.467 e. The highest BCUT2D eigenvalue weighted by Crippen LogP contribution is 2.40. The molecule has 0 saturated heterocycles. The van der Waals surface area contributed by atoms with Gasteiger partial charge in [0.05, 0.1) is 25.0 Å². The van der Waals surface area contributed by atoms with Crippen molar-refractivity contribution in [2.75, 3.05) is 0 Å². The molecule has 2 aliphatic rings. The Bertz CT molecular complexity index is 966. The molecular weight excluding hydrogens is 344 g/mol. The number of amides is 1. The molecule has 1 saturated carbocycles. The number of carbonyl (C=O) groups excluding carboxylic acids is 1. The van der Waals surface area contributed by atoms with E-state index in [1.54, 1.807) is 17.2 Å². The number of furan rings is 1. The van der Waals surface area contributed by atoms with Gasteiger partial charge in [0.2, 0.25) is 0 Å². The zero-order valence-corrected chi connectivity index (χ0v) is 15.4. The Labute approximate surface area is 156 Å². The van der Waals surface area contributed by atoms with Gasteiger partial charge in [0.1, 0.15) is 11.5 Å². The first-order valence-electron chi connectivity index (χ1n) is 9.51. The minimum atomic E-state index is -0.153. The molecule has 0 bridgehead atoms. The van der Waals surface area contributed by atoms with Gasteiger partial charge in [0, 0.05) is 24.7 Å². The Hall–Kier alpha value is -2.83. The third kappa shape index (κ3) is 3.07. The lowest BCUT2D eigenvalue weighted by Gasteiger charge is -2.20. The van der Waals surface area contributed by atoms with E-state index in [4.69, 9.17) is 8.94 Å². The second-order valence-electron chi connectivity index (χ2n) is 7.48. The highest BCUT2D eigenvalue weighted by molar-refractivity contribution is 5.92. The standard InChI is InChI=1S/C20H22N4O3/c1-23-18-6-2-5-15(18)17(21-23)12-24(11-14-4-3-9-26-14)20(25)16-10-19(27-22-16)13-7-8-13/h3-4,9-10,13H,2,5-8,11-12H2,1H3. The van der Waals surface area contributed by atoms with E-state index in [2.05, 4.69) is 10.3 Å². The van der Waals surface area contributed by atoms with Crippen LogP contribution < -0.4 is 0 Å². The summed E-state index contributed by atoms with van der Waals surface area (Å²) in [5.74, 6) is 1.83. The first-order valence-corrected chi connectivity index (χ1v) is 9.51. The van der Waals surface area contributed by atoms with Crippen LogP contribution in [-0.2, 0) is 33.0 Å². The minimum Gasteiger partial charge on any atom is -0.467 e. The molecule has 0 aliphatic heterocycles. The molecule has 5 rings (SSSR count). The molecule has 0 aromatic carbocycles. The lowest BCUT2D eigenvalue weighted by molar-refractivity contribution is 0.0704. The monoisotopic (exact) mass is 366 g/mol. The maximum absolute atomic E-state index is 13.2. The summed E-state index contributed by atoms with van der Waals surface area (Å²) in [6.45, 7) is 0.817. The van der Waals surface area contributed by atoms with E-state index >= 15 is 0 Å². The summed E-state index contributed by atoms with van der Waals surface area (Å²) >= 11 is 0. The molecule has 0 spiro atoms. The van der Waals surface area contributed by atoms with E-state index in [1.807, 2.05) is 23.9 Å². The Morgan fingerprint density at radius 1 is 1.33 bits per heavy atom. The second-order valence-corrected chi connectivity index (χ2v) is 7.48. The third-order valence-corrected chi connectivity index (χ3v) is 5.48. The Kier molecular flexibility index (Phi) is 3.88. The Morgan fingerprint density at radius 3 is 3.00 bits per heavy atom. The molecule has 3 aromatic rings. The van der Waals surface area contributed by atoms with E-state index in [0.717, 1.165) is 49.3 Å². The highest BCUT2D eigenvalue weighted by Gasteiger charge is 2.31. The van der Waals surface area contributed by atoms with Crippen molar-refractivity contribution in [1.82, 2.24) is 19.8 Å². The van der Waals surface area contributed by atoms with E-state index in [-0.39, 0.29) is 5.91 Å². The Balaban J connectivity index is 1.43. The van der Waals surface area contributed by atoms with Crippen LogP contribution in [0.2, 0.25) is 0 Å². The van der Waals surface area contributed by atoms with Crippen LogP contribution in [0.4, 0.5) is 0 Å². The van der Waals surface area contributed by atoms with Crippen molar-refractivity contribution in [3.8, 4) is 0 Å². The summed E-state index contributed by atoms with van der Waals surface area (Å²) in [6.07, 6.45) is 7.07. The average Bonchev–Trinajstić information content (AvgIpc) is 3.10. The third-order valence-electron chi connectivity index (χ3n) is 5.48. The zero-order valence-electron chi connectivity index (χ0n) is 15.4. The summed E-state index contributed by atoms with van der Waals surface area (Å²) in [5.41, 5.74) is 3.90. The summed E-state index contributed by atoms with van der Waals surface area (Å²) in [6, 6.07) is 5.50. The highest BCUT2D eigenvalue weighted by atomic mass is 16.5. The predicted molar refractivity (Wildman–Crippen MR) is 96.0 cm³/mol. The molecule has 0 radical (unpaired) electrons. The van der Waals surface area contributed by atoms with Gasteiger partial charge >= 0.3 is 0 Å². The van der Waals surface area contributed by atoms with Crippen molar-refractivity contribution in [1.29, 1.82) is 0 Å². The van der Waals surface area contributed by atoms with Crippen LogP contribution in [0.3, 0.4) is 0 Å². The SMILES string of the molecule is Cn1nc(CN(Cc2ccco2)C(=O)c2cc(C3CC3)on2)c2c1CCC2. The summed E-state index contributed by atoms with van der Waals surface area (Å²) < 4.78 is 12.8. The van der Waals surface area contributed by atoms with Crippen LogP contribution in [0.1, 0.15) is 64.1 Å². The van der Waals surface area contributed by atoms with Gasteiger partial charge in [-0.25, -0.2) is 0 Å². The van der Waals surface area contributed by atoms with Crippen molar-refractivity contribution in [2.45, 2.75) is 51.1 Å². The van der Waals surface area contributed by atoms with E-state index in [1.165, 1.54) is 11.3 Å². The van der Waals surface area contributed by atoms with Crippen molar-refractivity contribution in [3.63, 3.8) is 0 Å². The molecule has 1 amide bonds. The van der Waals surface area contributed by atoms with Gasteiger partial charge in [-0.05, 0) is 49.8 Å². The molecule has 7 nitrogen and oxygen atoms in total. The maximum atomic E-state index is 13.2.